The molecule has 0 fully saturated rings. The van der Waals surface area contributed by atoms with E-state index in [1.807, 2.05) is 6.07 Å². The van der Waals surface area contributed by atoms with Gasteiger partial charge in [-0.15, -0.1) is 0 Å². The van der Waals surface area contributed by atoms with Crippen LogP contribution in [0.25, 0.3) is 0 Å². The SMILES string of the molecule is CCC(C)c1ccc(OC)c(O)c1. The molecule has 1 aromatic carbocycles. The van der Waals surface area contributed by atoms with E-state index in [1.165, 1.54) is 0 Å². The fourth-order valence-corrected chi connectivity index (χ4v) is 1.25. The summed E-state index contributed by atoms with van der Waals surface area (Å²) < 4.78 is 4.96. The average molecular weight is 180 g/mol. The normalized spacial score (nSPS) is 12.5. The van der Waals surface area contributed by atoms with Gasteiger partial charge in [-0.2, -0.15) is 0 Å². The first-order chi connectivity index (χ1) is 6.19. The number of rotatable bonds is 3. The highest BCUT2D eigenvalue weighted by Gasteiger charge is 2.06. The lowest BCUT2D eigenvalue weighted by molar-refractivity contribution is 0.373. The summed E-state index contributed by atoms with van der Waals surface area (Å²) in [4.78, 5) is 0. The van der Waals surface area contributed by atoms with Gasteiger partial charge in [0, 0.05) is 0 Å². The second-order valence-corrected chi connectivity index (χ2v) is 3.24. The molecule has 13 heavy (non-hydrogen) atoms. The molecule has 0 aliphatic rings. The van der Waals surface area contributed by atoms with Crippen molar-refractivity contribution in [2.45, 2.75) is 26.2 Å². The number of phenols is 1. The molecule has 0 spiro atoms. The van der Waals surface area contributed by atoms with Crippen molar-refractivity contribution in [3.05, 3.63) is 23.8 Å². The highest BCUT2D eigenvalue weighted by Crippen LogP contribution is 2.30. The molecule has 0 saturated heterocycles. The van der Waals surface area contributed by atoms with Crippen LogP contribution >= 0.6 is 0 Å². The van der Waals surface area contributed by atoms with Gasteiger partial charge in [0.05, 0.1) is 7.11 Å². The molecule has 0 saturated carbocycles. The molecule has 0 amide bonds. The van der Waals surface area contributed by atoms with Crippen molar-refractivity contribution in [2.24, 2.45) is 0 Å². The molecule has 0 radical (unpaired) electrons. The summed E-state index contributed by atoms with van der Waals surface area (Å²) in [6, 6.07) is 5.57. The molecule has 0 aliphatic carbocycles. The third-order valence-corrected chi connectivity index (χ3v) is 2.38. The maximum atomic E-state index is 9.51. The topological polar surface area (TPSA) is 29.5 Å². The lowest BCUT2D eigenvalue weighted by Gasteiger charge is -2.10. The van der Waals surface area contributed by atoms with Gasteiger partial charge in [0.15, 0.2) is 11.5 Å². The van der Waals surface area contributed by atoms with Gasteiger partial charge >= 0.3 is 0 Å². The van der Waals surface area contributed by atoms with E-state index >= 15 is 0 Å². The van der Waals surface area contributed by atoms with Crippen LogP contribution in [0.4, 0.5) is 0 Å². The molecule has 0 bridgehead atoms. The maximum Gasteiger partial charge on any atom is 0.160 e. The molecule has 1 N–H and O–H groups in total. The smallest absolute Gasteiger partial charge is 0.160 e. The Morgan fingerprint density at radius 1 is 1.46 bits per heavy atom. The van der Waals surface area contributed by atoms with Gasteiger partial charge in [0.2, 0.25) is 0 Å². The first-order valence-corrected chi connectivity index (χ1v) is 4.56. The van der Waals surface area contributed by atoms with Crippen molar-refractivity contribution in [3.8, 4) is 11.5 Å². The molecular weight excluding hydrogens is 164 g/mol. The lowest BCUT2D eigenvalue weighted by Crippen LogP contribution is -1.91. The Morgan fingerprint density at radius 3 is 2.62 bits per heavy atom. The molecule has 72 valence electrons. The zero-order chi connectivity index (χ0) is 9.84. The molecule has 0 heterocycles. The summed E-state index contributed by atoms with van der Waals surface area (Å²) in [6.45, 7) is 4.27. The Balaban J connectivity index is 2.95. The van der Waals surface area contributed by atoms with Gasteiger partial charge in [0.1, 0.15) is 0 Å². The van der Waals surface area contributed by atoms with E-state index in [0.717, 1.165) is 12.0 Å². The first kappa shape index (κ1) is 9.90. The highest BCUT2D eigenvalue weighted by molar-refractivity contribution is 5.42. The van der Waals surface area contributed by atoms with Gasteiger partial charge in [-0.05, 0) is 30.0 Å². The lowest BCUT2D eigenvalue weighted by atomic mass is 9.98. The Morgan fingerprint density at radius 2 is 2.15 bits per heavy atom. The van der Waals surface area contributed by atoms with Crippen LogP contribution in [-0.4, -0.2) is 12.2 Å². The standard InChI is InChI=1S/C11H16O2/c1-4-8(2)9-5-6-11(13-3)10(12)7-9/h5-8,12H,4H2,1-3H3. The zero-order valence-electron chi connectivity index (χ0n) is 8.37. The second kappa shape index (κ2) is 4.17. The van der Waals surface area contributed by atoms with Crippen LogP contribution in [0, 0.1) is 0 Å². The quantitative estimate of drug-likeness (QED) is 0.775. The van der Waals surface area contributed by atoms with Crippen molar-refractivity contribution < 1.29 is 9.84 Å². The first-order valence-electron chi connectivity index (χ1n) is 4.56. The Kier molecular flexibility index (Phi) is 3.18. The summed E-state index contributed by atoms with van der Waals surface area (Å²) in [5.41, 5.74) is 1.15. The average Bonchev–Trinajstić information content (AvgIpc) is 2.16. The molecule has 1 atom stereocenters. The second-order valence-electron chi connectivity index (χ2n) is 3.24. The number of hydrogen-bond acceptors (Lipinski definition) is 2. The van der Waals surface area contributed by atoms with Crippen molar-refractivity contribution >= 4 is 0 Å². The maximum absolute atomic E-state index is 9.51. The van der Waals surface area contributed by atoms with E-state index < -0.39 is 0 Å². The molecule has 0 aliphatic heterocycles. The Hall–Kier alpha value is -1.18. The summed E-state index contributed by atoms with van der Waals surface area (Å²) in [5.74, 6) is 1.24. The van der Waals surface area contributed by atoms with E-state index in [2.05, 4.69) is 13.8 Å². The number of hydrogen-bond donors (Lipinski definition) is 1. The minimum absolute atomic E-state index is 0.223. The third kappa shape index (κ3) is 2.14. The van der Waals surface area contributed by atoms with E-state index in [0.29, 0.717) is 11.7 Å². The number of aromatic hydroxyl groups is 1. The van der Waals surface area contributed by atoms with E-state index in [4.69, 9.17) is 4.74 Å². The molecule has 2 nitrogen and oxygen atoms in total. The predicted molar refractivity (Wildman–Crippen MR) is 53.4 cm³/mol. The number of phenolic OH excluding ortho intramolecular Hbond substituents is 1. The Bertz CT molecular complexity index is 281. The summed E-state index contributed by atoms with van der Waals surface area (Å²) >= 11 is 0. The minimum atomic E-state index is 0.223. The van der Waals surface area contributed by atoms with Crippen LogP contribution in [0.1, 0.15) is 31.7 Å². The molecule has 1 rings (SSSR count). The van der Waals surface area contributed by atoms with Crippen molar-refractivity contribution in [1.82, 2.24) is 0 Å². The fraction of sp³-hybridized carbons (Fsp3) is 0.455. The summed E-state index contributed by atoms with van der Waals surface area (Å²) in [6.07, 6.45) is 1.08. The molecular formula is C11H16O2. The summed E-state index contributed by atoms with van der Waals surface area (Å²) in [7, 11) is 1.55. The fourth-order valence-electron chi connectivity index (χ4n) is 1.25. The number of methoxy groups -OCH3 is 1. The van der Waals surface area contributed by atoms with E-state index in [1.54, 1.807) is 19.2 Å². The molecule has 1 unspecified atom stereocenters. The highest BCUT2D eigenvalue weighted by atomic mass is 16.5. The van der Waals surface area contributed by atoms with Crippen LogP contribution < -0.4 is 4.74 Å². The van der Waals surface area contributed by atoms with E-state index in [9.17, 15) is 5.11 Å². The number of benzene rings is 1. The van der Waals surface area contributed by atoms with E-state index in [-0.39, 0.29) is 5.75 Å². The van der Waals surface area contributed by atoms with Crippen LogP contribution in [0.2, 0.25) is 0 Å². The van der Waals surface area contributed by atoms with Crippen molar-refractivity contribution in [3.63, 3.8) is 0 Å². The van der Waals surface area contributed by atoms with Crippen molar-refractivity contribution in [1.29, 1.82) is 0 Å². The van der Waals surface area contributed by atoms with Crippen LogP contribution in [0.15, 0.2) is 18.2 Å². The van der Waals surface area contributed by atoms with Gasteiger partial charge in [-0.1, -0.05) is 19.9 Å². The predicted octanol–water partition coefficient (Wildman–Crippen LogP) is 2.91. The summed E-state index contributed by atoms with van der Waals surface area (Å²) in [5, 5.41) is 9.51. The van der Waals surface area contributed by atoms with Crippen LogP contribution in [0.5, 0.6) is 11.5 Å². The Labute approximate surface area is 79.2 Å². The zero-order valence-corrected chi connectivity index (χ0v) is 8.37. The number of ether oxygens (including phenoxy) is 1. The van der Waals surface area contributed by atoms with Gasteiger partial charge in [0.25, 0.3) is 0 Å². The molecule has 0 aromatic heterocycles. The van der Waals surface area contributed by atoms with Gasteiger partial charge in [-0.25, -0.2) is 0 Å². The third-order valence-electron chi connectivity index (χ3n) is 2.38. The molecule has 2 heteroatoms. The van der Waals surface area contributed by atoms with Gasteiger partial charge < -0.3 is 9.84 Å². The molecule has 1 aromatic rings. The van der Waals surface area contributed by atoms with Crippen LogP contribution in [-0.2, 0) is 0 Å². The monoisotopic (exact) mass is 180 g/mol. The van der Waals surface area contributed by atoms with Gasteiger partial charge in [-0.3, -0.25) is 0 Å². The van der Waals surface area contributed by atoms with Crippen molar-refractivity contribution in [2.75, 3.05) is 7.11 Å². The van der Waals surface area contributed by atoms with Crippen LogP contribution in [0.3, 0.4) is 0 Å². The minimum Gasteiger partial charge on any atom is -0.504 e. The largest absolute Gasteiger partial charge is 0.504 e.